The Morgan fingerprint density at radius 3 is 1.97 bits per heavy atom. The largest absolute Gasteiger partial charge is 0.346 e. The minimum atomic E-state index is -0.0443. The Morgan fingerprint density at radius 1 is 0.742 bits per heavy atom. The van der Waals surface area contributed by atoms with Gasteiger partial charge in [-0.05, 0) is 54.2 Å². The molecule has 0 aliphatic rings. The van der Waals surface area contributed by atoms with Crippen molar-refractivity contribution in [3.05, 3.63) is 95.6 Å². The molecule has 0 aliphatic carbocycles. The zero-order valence-corrected chi connectivity index (χ0v) is 18.9. The van der Waals surface area contributed by atoms with E-state index in [4.69, 9.17) is 0 Å². The molecule has 0 aliphatic heterocycles. The molecule has 0 radical (unpaired) electrons. The van der Waals surface area contributed by atoms with Gasteiger partial charge in [0.15, 0.2) is 0 Å². The fraction of sp³-hybridized carbons (Fsp3) is 0.345. The molecule has 0 fully saturated rings. The summed E-state index contributed by atoms with van der Waals surface area (Å²) in [7, 11) is 0. The fourth-order valence-corrected chi connectivity index (χ4v) is 3.89. The molecular weight excluding hydrogens is 378 g/mol. The van der Waals surface area contributed by atoms with E-state index in [0.29, 0.717) is 5.56 Å². The summed E-state index contributed by atoms with van der Waals surface area (Å²) >= 11 is 0. The molecule has 3 aromatic rings. The Bertz CT molecular complexity index is 913. The van der Waals surface area contributed by atoms with Gasteiger partial charge in [0.1, 0.15) is 0 Å². The number of carbonyl (C=O) groups excluding carboxylic acids is 1. The van der Waals surface area contributed by atoms with Crippen LogP contribution in [0.15, 0.2) is 78.9 Å². The number of hydrogen-bond donors (Lipinski definition) is 1. The first-order valence-corrected chi connectivity index (χ1v) is 11.7. The van der Waals surface area contributed by atoms with E-state index in [2.05, 4.69) is 36.5 Å². The van der Waals surface area contributed by atoms with E-state index in [0.717, 1.165) is 17.5 Å². The second-order valence-corrected chi connectivity index (χ2v) is 8.40. The number of amides is 1. The van der Waals surface area contributed by atoms with Crippen LogP contribution in [-0.2, 0) is 6.42 Å². The molecule has 0 bridgehead atoms. The molecule has 3 rings (SSSR count). The smallest absolute Gasteiger partial charge is 0.251 e. The third-order valence-electron chi connectivity index (χ3n) is 5.90. The molecule has 0 saturated heterocycles. The van der Waals surface area contributed by atoms with Crippen molar-refractivity contribution in [3.8, 4) is 11.1 Å². The van der Waals surface area contributed by atoms with Gasteiger partial charge in [-0.3, -0.25) is 4.79 Å². The number of rotatable bonds is 11. The first-order valence-electron chi connectivity index (χ1n) is 11.7. The van der Waals surface area contributed by atoms with Crippen LogP contribution in [0, 0.1) is 0 Å². The SMILES string of the molecule is CCCCCCCCc1ccc(-c2ccc(C(=O)NC(C)c3ccccc3)cc2)cc1. The predicted octanol–water partition coefficient (Wildman–Crippen LogP) is 7.75. The first kappa shape index (κ1) is 22.8. The van der Waals surface area contributed by atoms with Crippen molar-refractivity contribution in [2.24, 2.45) is 0 Å². The molecule has 162 valence electrons. The molecule has 1 unspecified atom stereocenters. The molecule has 0 spiro atoms. The lowest BCUT2D eigenvalue weighted by molar-refractivity contribution is 0.0940. The van der Waals surface area contributed by atoms with Crippen LogP contribution in [0.5, 0.6) is 0 Å². The maximum atomic E-state index is 12.6. The molecular formula is C29H35NO. The summed E-state index contributed by atoms with van der Waals surface area (Å²) in [5, 5.41) is 3.08. The second-order valence-electron chi connectivity index (χ2n) is 8.40. The highest BCUT2D eigenvalue weighted by molar-refractivity contribution is 5.94. The fourth-order valence-electron chi connectivity index (χ4n) is 3.89. The van der Waals surface area contributed by atoms with E-state index >= 15 is 0 Å². The summed E-state index contributed by atoms with van der Waals surface area (Å²) in [4.78, 5) is 12.6. The number of nitrogens with one attached hydrogen (secondary N) is 1. The van der Waals surface area contributed by atoms with Crippen molar-refractivity contribution in [2.45, 2.75) is 64.8 Å². The van der Waals surface area contributed by atoms with Gasteiger partial charge in [-0.1, -0.05) is 106 Å². The van der Waals surface area contributed by atoms with Crippen LogP contribution in [0.2, 0.25) is 0 Å². The number of benzene rings is 3. The van der Waals surface area contributed by atoms with Gasteiger partial charge in [0.2, 0.25) is 0 Å². The zero-order chi connectivity index (χ0) is 21.9. The van der Waals surface area contributed by atoms with Gasteiger partial charge in [0.25, 0.3) is 5.91 Å². The molecule has 0 heterocycles. The minimum absolute atomic E-state index is 0.0208. The lowest BCUT2D eigenvalue weighted by Crippen LogP contribution is -2.26. The standard InChI is InChI=1S/C29H35NO/c1-3-4-5-6-7-9-12-24-15-17-26(18-16-24)27-19-21-28(22-20-27)29(31)30-23(2)25-13-10-8-11-14-25/h8,10-11,13-23H,3-7,9,12H2,1-2H3,(H,30,31). The topological polar surface area (TPSA) is 29.1 Å². The highest BCUT2D eigenvalue weighted by atomic mass is 16.1. The maximum absolute atomic E-state index is 12.6. The van der Waals surface area contributed by atoms with Crippen molar-refractivity contribution in [1.29, 1.82) is 0 Å². The number of unbranched alkanes of at least 4 members (excludes halogenated alkanes) is 5. The van der Waals surface area contributed by atoms with Crippen LogP contribution in [0.4, 0.5) is 0 Å². The highest BCUT2D eigenvalue weighted by Gasteiger charge is 2.11. The zero-order valence-electron chi connectivity index (χ0n) is 18.9. The lowest BCUT2D eigenvalue weighted by Gasteiger charge is -2.14. The summed E-state index contributed by atoms with van der Waals surface area (Å²) in [6.45, 7) is 4.27. The van der Waals surface area contributed by atoms with Gasteiger partial charge in [0, 0.05) is 5.56 Å². The Morgan fingerprint density at radius 2 is 1.32 bits per heavy atom. The average Bonchev–Trinajstić information content (AvgIpc) is 2.82. The summed E-state index contributed by atoms with van der Waals surface area (Å²) in [5.41, 5.74) is 5.53. The van der Waals surface area contributed by atoms with Gasteiger partial charge in [0.05, 0.1) is 6.04 Å². The monoisotopic (exact) mass is 413 g/mol. The molecule has 1 N–H and O–H groups in total. The molecule has 0 aromatic heterocycles. The van der Waals surface area contributed by atoms with Crippen molar-refractivity contribution in [2.75, 3.05) is 0 Å². The van der Waals surface area contributed by atoms with Gasteiger partial charge < -0.3 is 5.32 Å². The molecule has 2 nitrogen and oxygen atoms in total. The average molecular weight is 414 g/mol. The van der Waals surface area contributed by atoms with Gasteiger partial charge in [-0.15, -0.1) is 0 Å². The minimum Gasteiger partial charge on any atom is -0.346 e. The number of carbonyl (C=O) groups is 1. The van der Waals surface area contributed by atoms with E-state index in [9.17, 15) is 4.79 Å². The summed E-state index contributed by atoms with van der Waals surface area (Å²) in [6, 6.07) is 26.8. The predicted molar refractivity (Wildman–Crippen MR) is 131 cm³/mol. The van der Waals surface area contributed by atoms with Crippen LogP contribution < -0.4 is 5.32 Å². The van der Waals surface area contributed by atoms with Gasteiger partial charge in [-0.2, -0.15) is 0 Å². The van der Waals surface area contributed by atoms with E-state index in [-0.39, 0.29) is 11.9 Å². The molecule has 1 atom stereocenters. The number of aryl methyl sites for hydroxylation is 1. The summed E-state index contributed by atoms with van der Waals surface area (Å²) in [5.74, 6) is -0.0443. The van der Waals surface area contributed by atoms with E-state index in [1.54, 1.807) is 0 Å². The Hall–Kier alpha value is -2.87. The van der Waals surface area contributed by atoms with Gasteiger partial charge >= 0.3 is 0 Å². The van der Waals surface area contributed by atoms with Crippen molar-refractivity contribution < 1.29 is 4.79 Å². The van der Waals surface area contributed by atoms with Crippen LogP contribution in [0.1, 0.15) is 79.9 Å². The lowest BCUT2D eigenvalue weighted by atomic mass is 10.00. The molecule has 2 heteroatoms. The molecule has 3 aromatic carbocycles. The Balaban J connectivity index is 1.51. The molecule has 0 saturated carbocycles. The van der Waals surface area contributed by atoms with E-state index < -0.39 is 0 Å². The van der Waals surface area contributed by atoms with Crippen LogP contribution in [0.3, 0.4) is 0 Å². The molecule has 1 amide bonds. The highest BCUT2D eigenvalue weighted by Crippen LogP contribution is 2.22. The van der Waals surface area contributed by atoms with E-state index in [1.165, 1.54) is 49.7 Å². The summed E-state index contributed by atoms with van der Waals surface area (Å²) in [6.07, 6.45) is 9.15. The Kier molecular flexibility index (Phi) is 8.90. The van der Waals surface area contributed by atoms with Crippen LogP contribution in [-0.4, -0.2) is 5.91 Å². The van der Waals surface area contributed by atoms with Crippen molar-refractivity contribution in [3.63, 3.8) is 0 Å². The normalized spacial score (nSPS) is 11.8. The first-order chi connectivity index (χ1) is 15.2. The third kappa shape index (κ3) is 7.10. The summed E-state index contributed by atoms with van der Waals surface area (Å²) < 4.78 is 0. The quantitative estimate of drug-likeness (QED) is 0.320. The van der Waals surface area contributed by atoms with Crippen LogP contribution >= 0.6 is 0 Å². The van der Waals surface area contributed by atoms with E-state index in [1.807, 2.05) is 61.5 Å². The maximum Gasteiger partial charge on any atom is 0.251 e. The number of hydrogen-bond acceptors (Lipinski definition) is 1. The van der Waals surface area contributed by atoms with Crippen molar-refractivity contribution >= 4 is 5.91 Å². The van der Waals surface area contributed by atoms with Crippen molar-refractivity contribution in [1.82, 2.24) is 5.32 Å². The Labute approximate surface area is 187 Å². The molecule has 31 heavy (non-hydrogen) atoms. The second kappa shape index (κ2) is 12.1. The third-order valence-corrected chi connectivity index (χ3v) is 5.90. The van der Waals surface area contributed by atoms with Gasteiger partial charge in [-0.25, -0.2) is 0 Å². The van der Waals surface area contributed by atoms with Crippen LogP contribution in [0.25, 0.3) is 11.1 Å².